The van der Waals surface area contributed by atoms with Crippen molar-refractivity contribution in [2.75, 3.05) is 5.32 Å². The van der Waals surface area contributed by atoms with Crippen LogP contribution in [0.4, 0.5) is 19.1 Å². The summed E-state index contributed by atoms with van der Waals surface area (Å²) >= 11 is 0. The Hall–Kier alpha value is -2.64. The highest BCUT2D eigenvalue weighted by atomic mass is 19.4. The molecule has 0 amide bonds. The molecule has 5 nitrogen and oxygen atoms in total. The lowest BCUT2D eigenvalue weighted by Gasteiger charge is -2.34. The molecule has 1 N–H and O–H groups in total. The van der Waals surface area contributed by atoms with Gasteiger partial charge in [0, 0.05) is 17.7 Å². The Balaban J connectivity index is 1.94. The van der Waals surface area contributed by atoms with Crippen molar-refractivity contribution in [2.24, 2.45) is 5.92 Å². The lowest BCUT2D eigenvalue weighted by Crippen LogP contribution is -2.33. The fraction of sp³-hybridized carbons (Fsp3) is 0.389. The minimum absolute atomic E-state index is 0.0197. The Bertz CT molecular complexity index is 929. The van der Waals surface area contributed by atoms with Gasteiger partial charge in [0.25, 0.3) is 5.82 Å². The van der Waals surface area contributed by atoms with E-state index in [1.807, 2.05) is 38.1 Å². The second kappa shape index (κ2) is 5.69. The Kier molecular flexibility index (Phi) is 3.68. The van der Waals surface area contributed by atoms with Crippen LogP contribution in [0, 0.1) is 12.8 Å². The summed E-state index contributed by atoms with van der Waals surface area (Å²) in [7, 11) is 0. The maximum Gasteiger partial charge on any atom is 0.453 e. The number of ketones is 1. The molecule has 0 fully saturated rings. The third kappa shape index (κ3) is 2.60. The number of benzene rings is 1. The number of Topliss-reactive ketones (excluding diaryl/α,β-unsaturated/α-hetero) is 1. The summed E-state index contributed by atoms with van der Waals surface area (Å²) in [5.41, 5.74) is 2.77. The number of anilines is 1. The second-order valence-corrected chi connectivity index (χ2v) is 6.91. The molecule has 1 aromatic heterocycles. The van der Waals surface area contributed by atoms with Gasteiger partial charge in [0.05, 0.1) is 0 Å². The van der Waals surface area contributed by atoms with Crippen LogP contribution in [0.2, 0.25) is 0 Å². The topological polar surface area (TPSA) is 59.8 Å². The summed E-state index contributed by atoms with van der Waals surface area (Å²) in [6.45, 7) is 3.82. The van der Waals surface area contributed by atoms with Gasteiger partial charge in [-0.1, -0.05) is 31.2 Å². The maximum atomic E-state index is 13.1. The third-order valence-electron chi connectivity index (χ3n) is 4.86. The number of carbonyl (C=O) groups is 1. The van der Waals surface area contributed by atoms with Gasteiger partial charge in [-0.25, -0.2) is 4.68 Å². The summed E-state index contributed by atoms with van der Waals surface area (Å²) in [5, 5.41) is 6.62. The van der Waals surface area contributed by atoms with Gasteiger partial charge in [0.2, 0.25) is 5.95 Å². The number of aryl methyl sites for hydroxylation is 1. The van der Waals surface area contributed by atoms with Gasteiger partial charge in [0.15, 0.2) is 5.78 Å². The number of nitrogens with zero attached hydrogens (tertiary/aromatic N) is 3. The summed E-state index contributed by atoms with van der Waals surface area (Å²) in [5.74, 6) is -1.12. The van der Waals surface area contributed by atoms with Crippen molar-refractivity contribution in [1.82, 2.24) is 14.8 Å². The number of hydrogen-bond acceptors (Lipinski definition) is 4. The summed E-state index contributed by atoms with van der Waals surface area (Å²) in [6, 6.07) is 6.64. The van der Waals surface area contributed by atoms with Crippen LogP contribution in [0.5, 0.6) is 0 Å². The van der Waals surface area contributed by atoms with Crippen LogP contribution in [-0.4, -0.2) is 20.5 Å². The number of allylic oxidation sites excluding steroid dienone is 2. The predicted octanol–water partition coefficient (Wildman–Crippen LogP) is 3.87. The zero-order valence-electron chi connectivity index (χ0n) is 14.3. The van der Waals surface area contributed by atoms with Gasteiger partial charge in [-0.3, -0.25) is 4.79 Å². The van der Waals surface area contributed by atoms with E-state index in [2.05, 4.69) is 15.4 Å². The zero-order valence-corrected chi connectivity index (χ0v) is 14.3. The Morgan fingerprint density at radius 2 is 1.96 bits per heavy atom. The van der Waals surface area contributed by atoms with Crippen LogP contribution in [0.1, 0.15) is 42.8 Å². The molecule has 26 heavy (non-hydrogen) atoms. The molecule has 1 aliphatic heterocycles. The number of halogens is 3. The molecular formula is C18H17F3N4O. The monoisotopic (exact) mass is 362 g/mol. The van der Waals surface area contributed by atoms with E-state index in [0.717, 1.165) is 11.1 Å². The van der Waals surface area contributed by atoms with E-state index in [1.165, 1.54) is 4.68 Å². The highest BCUT2D eigenvalue weighted by Crippen LogP contribution is 2.43. The number of fused-ring (bicyclic) bond motifs is 1. The van der Waals surface area contributed by atoms with Crippen LogP contribution in [0.3, 0.4) is 0 Å². The number of nitrogens with one attached hydrogen (secondary N) is 1. The van der Waals surface area contributed by atoms with Crippen LogP contribution in [0.25, 0.3) is 0 Å². The minimum Gasteiger partial charge on any atom is -0.328 e. The molecule has 2 aliphatic rings. The summed E-state index contributed by atoms with van der Waals surface area (Å²) in [6.07, 6.45) is -3.68. The normalized spacial score (nSPS) is 22.7. The minimum atomic E-state index is -4.65. The molecule has 0 unspecified atom stereocenters. The molecule has 0 bridgehead atoms. The molecule has 0 saturated heterocycles. The van der Waals surface area contributed by atoms with E-state index in [9.17, 15) is 18.0 Å². The van der Waals surface area contributed by atoms with Gasteiger partial charge in [-0.15, -0.1) is 5.10 Å². The molecule has 0 saturated carbocycles. The zero-order chi connectivity index (χ0) is 18.6. The third-order valence-corrected chi connectivity index (χ3v) is 4.86. The van der Waals surface area contributed by atoms with Crippen LogP contribution in [0.15, 0.2) is 35.5 Å². The lowest BCUT2D eigenvalue weighted by molar-refractivity contribution is -0.145. The maximum absolute atomic E-state index is 13.1. The van der Waals surface area contributed by atoms with E-state index in [4.69, 9.17) is 0 Å². The van der Waals surface area contributed by atoms with Crippen molar-refractivity contribution in [3.05, 3.63) is 52.5 Å². The Morgan fingerprint density at radius 1 is 1.23 bits per heavy atom. The first-order valence-corrected chi connectivity index (χ1v) is 8.38. The van der Waals surface area contributed by atoms with Crippen molar-refractivity contribution in [3.8, 4) is 0 Å². The molecule has 1 aromatic carbocycles. The first-order chi connectivity index (χ1) is 12.3. The van der Waals surface area contributed by atoms with E-state index < -0.39 is 18.0 Å². The smallest absolute Gasteiger partial charge is 0.328 e. The van der Waals surface area contributed by atoms with Crippen molar-refractivity contribution in [2.45, 2.75) is 38.9 Å². The molecule has 2 atom stereocenters. The average molecular weight is 362 g/mol. The second-order valence-electron chi connectivity index (χ2n) is 6.91. The van der Waals surface area contributed by atoms with E-state index in [-0.39, 0.29) is 17.6 Å². The van der Waals surface area contributed by atoms with Gasteiger partial charge >= 0.3 is 6.18 Å². The van der Waals surface area contributed by atoms with Gasteiger partial charge in [0.1, 0.15) is 6.04 Å². The number of alkyl halides is 3. The molecule has 0 spiro atoms. The van der Waals surface area contributed by atoms with E-state index in [1.54, 1.807) is 0 Å². The Labute approximate surface area is 147 Å². The van der Waals surface area contributed by atoms with E-state index in [0.29, 0.717) is 24.1 Å². The lowest BCUT2D eigenvalue weighted by atomic mass is 9.80. The standard InChI is InChI=1S/C18H17F3N4O/c1-9-7-12-14(13(26)8-9)15(11-6-4-3-5-10(11)2)25-17(22-12)23-16(24-25)18(19,20)21/h3-6,9,15H,7-8H2,1-2H3,(H,22,23,24)/t9-,15+/m1/s1. The quantitative estimate of drug-likeness (QED) is 0.837. The van der Waals surface area contributed by atoms with Crippen LogP contribution in [-0.2, 0) is 11.0 Å². The summed E-state index contributed by atoms with van der Waals surface area (Å²) in [4.78, 5) is 16.4. The van der Waals surface area contributed by atoms with Crippen LogP contribution >= 0.6 is 0 Å². The first kappa shape index (κ1) is 16.8. The summed E-state index contributed by atoms with van der Waals surface area (Å²) < 4.78 is 40.6. The molecule has 0 radical (unpaired) electrons. The molecule has 2 heterocycles. The van der Waals surface area contributed by atoms with Crippen molar-refractivity contribution < 1.29 is 18.0 Å². The first-order valence-electron chi connectivity index (χ1n) is 8.38. The number of carbonyl (C=O) groups excluding carboxylic acids is 1. The predicted molar refractivity (Wildman–Crippen MR) is 88.4 cm³/mol. The molecule has 2 aromatic rings. The molecule has 1 aliphatic carbocycles. The van der Waals surface area contributed by atoms with Gasteiger partial charge in [-0.05, 0) is 30.4 Å². The highest BCUT2D eigenvalue weighted by molar-refractivity contribution is 5.99. The van der Waals surface area contributed by atoms with Crippen molar-refractivity contribution >= 4 is 11.7 Å². The van der Waals surface area contributed by atoms with Gasteiger partial charge in [-0.2, -0.15) is 18.2 Å². The number of aromatic nitrogens is 3. The SMILES string of the molecule is Cc1ccccc1[C@H]1C2=C(C[C@@H](C)CC2=O)Nc2nc(C(F)(F)F)nn21. The average Bonchev–Trinajstić information content (AvgIpc) is 2.97. The fourth-order valence-corrected chi connectivity index (χ4v) is 3.71. The number of hydrogen-bond donors (Lipinski definition) is 1. The molecule has 136 valence electrons. The molecule has 4 rings (SSSR count). The fourth-order valence-electron chi connectivity index (χ4n) is 3.71. The molecular weight excluding hydrogens is 345 g/mol. The number of rotatable bonds is 1. The molecule has 8 heteroatoms. The van der Waals surface area contributed by atoms with Crippen molar-refractivity contribution in [1.29, 1.82) is 0 Å². The van der Waals surface area contributed by atoms with Crippen molar-refractivity contribution in [3.63, 3.8) is 0 Å². The Morgan fingerprint density at radius 3 is 2.65 bits per heavy atom. The van der Waals surface area contributed by atoms with Gasteiger partial charge < -0.3 is 5.32 Å². The van der Waals surface area contributed by atoms with Crippen LogP contribution < -0.4 is 5.32 Å². The highest BCUT2D eigenvalue weighted by Gasteiger charge is 2.43. The van der Waals surface area contributed by atoms with E-state index >= 15 is 0 Å². The largest absolute Gasteiger partial charge is 0.453 e.